The third-order valence-electron chi connectivity index (χ3n) is 4.77. The second-order valence-electron chi connectivity index (χ2n) is 7.35. The Labute approximate surface area is 109 Å². The lowest BCUT2D eigenvalue weighted by Crippen LogP contribution is -2.41. The van der Waals surface area contributed by atoms with Crippen LogP contribution in [0.4, 0.5) is 0 Å². The van der Waals surface area contributed by atoms with Gasteiger partial charge < -0.3 is 4.90 Å². The summed E-state index contributed by atoms with van der Waals surface area (Å²) in [6.07, 6.45) is 4.13. The van der Waals surface area contributed by atoms with E-state index in [4.69, 9.17) is 0 Å². The molecule has 0 radical (unpaired) electrons. The van der Waals surface area contributed by atoms with Gasteiger partial charge in [0.25, 0.3) is 0 Å². The topological polar surface area (TPSA) is 3.24 Å². The predicted molar refractivity (Wildman–Crippen MR) is 77.2 cm³/mol. The van der Waals surface area contributed by atoms with E-state index in [1.807, 2.05) is 0 Å². The average Bonchev–Trinajstić information content (AvgIpc) is 2.25. The van der Waals surface area contributed by atoms with E-state index in [9.17, 15) is 0 Å². The van der Waals surface area contributed by atoms with Gasteiger partial charge >= 0.3 is 0 Å². The summed E-state index contributed by atoms with van der Waals surface area (Å²) in [7, 11) is 0. The molecule has 0 aromatic carbocycles. The van der Waals surface area contributed by atoms with E-state index in [2.05, 4.69) is 46.4 Å². The Balaban J connectivity index is 2.37. The summed E-state index contributed by atoms with van der Waals surface area (Å²) in [5.41, 5.74) is 0.508. The predicted octanol–water partition coefficient (Wildman–Crippen LogP) is 4.43. The number of hydrogen-bond donors (Lipinski definition) is 0. The molecule has 17 heavy (non-hydrogen) atoms. The maximum absolute atomic E-state index is 2.70. The molecule has 1 aliphatic rings. The molecule has 0 aromatic heterocycles. The molecule has 0 bridgehead atoms. The van der Waals surface area contributed by atoms with Crippen LogP contribution in [0.3, 0.4) is 0 Å². The number of rotatable bonds is 4. The molecule has 102 valence electrons. The van der Waals surface area contributed by atoms with E-state index >= 15 is 0 Å². The summed E-state index contributed by atoms with van der Waals surface area (Å²) in [4.78, 5) is 2.70. The third kappa shape index (κ3) is 4.62. The van der Waals surface area contributed by atoms with Crippen molar-refractivity contribution in [1.29, 1.82) is 0 Å². The van der Waals surface area contributed by atoms with Gasteiger partial charge in [0.05, 0.1) is 0 Å². The fraction of sp³-hybridized carbons (Fsp3) is 1.00. The van der Waals surface area contributed by atoms with Gasteiger partial charge in [-0.2, -0.15) is 0 Å². The van der Waals surface area contributed by atoms with Gasteiger partial charge in [0.2, 0.25) is 0 Å². The van der Waals surface area contributed by atoms with Crippen LogP contribution in [0.5, 0.6) is 0 Å². The minimum absolute atomic E-state index is 0.508. The molecular weight excluding hydrogens is 206 g/mol. The van der Waals surface area contributed by atoms with E-state index in [0.717, 1.165) is 17.8 Å². The second-order valence-corrected chi connectivity index (χ2v) is 7.35. The Morgan fingerprint density at radius 3 is 2.00 bits per heavy atom. The van der Waals surface area contributed by atoms with Gasteiger partial charge in [0, 0.05) is 6.54 Å². The summed E-state index contributed by atoms with van der Waals surface area (Å²) in [6, 6.07) is 0. The second kappa shape index (κ2) is 6.22. The highest BCUT2D eigenvalue weighted by molar-refractivity contribution is 4.81. The van der Waals surface area contributed by atoms with Crippen molar-refractivity contribution in [3.05, 3.63) is 0 Å². The van der Waals surface area contributed by atoms with Crippen LogP contribution in [0.1, 0.15) is 60.8 Å². The van der Waals surface area contributed by atoms with Gasteiger partial charge in [-0.1, -0.05) is 48.0 Å². The number of nitrogens with zero attached hydrogens (tertiary/aromatic N) is 1. The lowest BCUT2D eigenvalue weighted by atomic mass is 9.75. The Morgan fingerprint density at radius 1 is 1.12 bits per heavy atom. The fourth-order valence-electron chi connectivity index (χ4n) is 3.12. The first-order chi connectivity index (χ1) is 7.84. The summed E-state index contributed by atoms with van der Waals surface area (Å²) in [5.74, 6) is 2.65. The molecule has 1 heteroatoms. The van der Waals surface area contributed by atoms with E-state index in [1.165, 1.54) is 38.9 Å². The molecule has 0 aliphatic carbocycles. The molecule has 1 atom stereocenters. The van der Waals surface area contributed by atoms with Crippen LogP contribution in [0, 0.1) is 23.2 Å². The smallest absolute Gasteiger partial charge is 0.00120 e. The molecule has 0 aromatic rings. The largest absolute Gasteiger partial charge is 0.303 e. The van der Waals surface area contributed by atoms with Crippen molar-refractivity contribution in [2.45, 2.75) is 60.8 Å². The monoisotopic (exact) mass is 239 g/mol. The SMILES string of the molecule is CCC(CN1CCC(C(C)(C)C)CC1)C(C)C. The van der Waals surface area contributed by atoms with Gasteiger partial charge in [0.15, 0.2) is 0 Å². The van der Waals surface area contributed by atoms with Gasteiger partial charge in [-0.15, -0.1) is 0 Å². The Morgan fingerprint density at radius 2 is 1.65 bits per heavy atom. The molecule has 1 rings (SSSR count). The van der Waals surface area contributed by atoms with Crippen molar-refractivity contribution in [3.63, 3.8) is 0 Å². The molecule has 1 nitrogen and oxygen atoms in total. The highest BCUT2D eigenvalue weighted by Crippen LogP contribution is 2.34. The zero-order valence-electron chi connectivity index (χ0n) is 12.9. The zero-order valence-corrected chi connectivity index (χ0v) is 12.9. The van der Waals surface area contributed by atoms with Crippen molar-refractivity contribution in [2.75, 3.05) is 19.6 Å². The molecule has 0 spiro atoms. The molecular formula is C16H33N. The van der Waals surface area contributed by atoms with E-state index in [1.54, 1.807) is 0 Å². The highest BCUT2D eigenvalue weighted by Gasteiger charge is 2.29. The molecule has 1 fully saturated rings. The Hall–Kier alpha value is -0.0400. The summed E-state index contributed by atoms with van der Waals surface area (Å²) >= 11 is 0. The van der Waals surface area contributed by atoms with Crippen molar-refractivity contribution >= 4 is 0 Å². The van der Waals surface area contributed by atoms with E-state index < -0.39 is 0 Å². The van der Waals surface area contributed by atoms with Crippen LogP contribution in [0.2, 0.25) is 0 Å². The van der Waals surface area contributed by atoms with Crippen molar-refractivity contribution in [2.24, 2.45) is 23.2 Å². The first-order valence-corrected chi connectivity index (χ1v) is 7.57. The number of likely N-dealkylation sites (tertiary alicyclic amines) is 1. The van der Waals surface area contributed by atoms with E-state index in [-0.39, 0.29) is 0 Å². The minimum atomic E-state index is 0.508. The molecule has 1 aliphatic heterocycles. The highest BCUT2D eigenvalue weighted by atomic mass is 15.1. The van der Waals surface area contributed by atoms with Crippen LogP contribution in [-0.2, 0) is 0 Å². The van der Waals surface area contributed by atoms with Gasteiger partial charge in [-0.05, 0) is 49.1 Å². The van der Waals surface area contributed by atoms with Crippen molar-refractivity contribution < 1.29 is 0 Å². The van der Waals surface area contributed by atoms with Crippen LogP contribution in [-0.4, -0.2) is 24.5 Å². The molecule has 1 saturated heterocycles. The number of piperidine rings is 1. The first kappa shape index (κ1) is 15.0. The molecule has 1 unspecified atom stereocenters. The summed E-state index contributed by atoms with van der Waals surface area (Å²) in [6.45, 7) is 18.3. The van der Waals surface area contributed by atoms with Crippen LogP contribution in [0.15, 0.2) is 0 Å². The fourth-order valence-corrected chi connectivity index (χ4v) is 3.12. The van der Waals surface area contributed by atoms with Gasteiger partial charge in [-0.25, -0.2) is 0 Å². The maximum atomic E-state index is 2.70. The molecule has 0 saturated carbocycles. The standard InChI is InChI=1S/C16H33N/c1-7-14(13(2)3)12-17-10-8-15(9-11-17)16(4,5)6/h13-15H,7-12H2,1-6H3. The van der Waals surface area contributed by atoms with Crippen molar-refractivity contribution in [1.82, 2.24) is 4.90 Å². The molecule has 1 heterocycles. The lowest BCUT2D eigenvalue weighted by Gasteiger charge is -2.40. The number of hydrogen-bond acceptors (Lipinski definition) is 1. The van der Waals surface area contributed by atoms with Crippen LogP contribution < -0.4 is 0 Å². The Bertz CT molecular complexity index is 206. The van der Waals surface area contributed by atoms with Crippen molar-refractivity contribution in [3.8, 4) is 0 Å². The normalized spacial score (nSPS) is 22.1. The zero-order chi connectivity index (χ0) is 13.1. The Kier molecular flexibility index (Phi) is 5.50. The van der Waals surface area contributed by atoms with E-state index in [0.29, 0.717) is 5.41 Å². The van der Waals surface area contributed by atoms with Gasteiger partial charge in [0.1, 0.15) is 0 Å². The third-order valence-corrected chi connectivity index (χ3v) is 4.77. The lowest BCUT2D eigenvalue weighted by molar-refractivity contribution is 0.0932. The summed E-state index contributed by atoms with van der Waals surface area (Å²) in [5, 5.41) is 0. The van der Waals surface area contributed by atoms with Gasteiger partial charge in [-0.3, -0.25) is 0 Å². The van der Waals surface area contributed by atoms with Crippen LogP contribution >= 0.6 is 0 Å². The first-order valence-electron chi connectivity index (χ1n) is 7.57. The minimum Gasteiger partial charge on any atom is -0.303 e. The summed E-state index contributed by atoms with van der Waals surface area (Å²) < 4.78 is 0. The maximum Gasteiger partial charge on any atom is 0.00120 e. The molecule has 0 amide bonds. The average molecular weight is 239 g/mol. The quantitative estimate of drug-likeness (QED) is 0.701. The molecule has 0 N–H and O–H groups in total. The van der Waals surface area contributed by atoms with Crippen LogP contribution in [0.25, 0.3) is 0 Å².